The molecule has 0 aromatic carbocycles. The van der Waals surface area contributed by atoms with Crippen LogP contribution in [0.1, 0.15) is 56.0 Å². The van der Waals surface area contributed by atoms with Crippen LogP contribution in [0.15, 0.2) is 36.4 Å². The summed E-state index contributed by atoms with van der Waals surface area (Å²) in [6.45, 7) is 0.763. The van der Waals surface area contributed by atoms with Gasteiger partial charge >= 0.3 is 19.8 Å². The normalized spacial score (nSPS) is 23.9. The van der Waals surface area contributed by atoms with Crippen molar-refractivity contribution in [3.05, 3.63) is 53.5 Å². The molecule has 302 valence electrons. The highest BCUT2D eigenvalue weighted by atomic mass is 32.2. The van der Waals surface area contributed by atoms with Gasteiger partial charge in [-0.1, -0.05) is 0 Å². The van der Waals surface area contributed by atoms with Crippen molar-refractivity contribution >= 4 is 12.1 Å². The number of hydrogen-bond acceptors (Lipinski definition) is 16. The van der Waals surface area contributed by atoms with E-state index in [1.54, 1.807) is 18.2 Å². The van der Waals surface area contributed by atoms with Crippen molar-refractivity contribution in [3.63, 3.8) is 0 Å². The van der Waals surface area contributed by atoms with E-state index in [1.165, 1.54) is 24.5 Å². The summed E-state index contributed by atoms with van der Waals surface area (Å²) in [7, 11) is 0. The molecule has 0 saturated carbocycles. The van der Waals surface area contributed by atoms with Crippen LogP contribution in [0.3, 0.4) is 0 Å². The lowest BCUT2D eigenvalue weighted by atomic mass is 10.1. The summed E-state index contributed by atoms with van der Waals surface area (Å²) in [4.78, 5) is 0. The Bertz CT molecular complexity index is 1280. The second kappa shape index (κ2) is 23.9. The molecule has 0 aliphatic carbocycles. The highest BCUT2D eigenvalue weighted by molar-refractivity contribution is 7.93. The molecular weight excluding hydrogens is 759 g/mol. The molecular formula is C31H42F7N9O6S. The zero-order chi connectivity index (χ0) is 39.5. The van der Waals surface area contributed by atoms with Crippen molar-refractivity contribution in [2.24, 2.45) is 0 Å². The number of ether oxygens (including phenoxy) is 6. The molecule has 2 unspecified atom stereocenters. The fourth-order valence-corrected chi connectivity index (χ4v) is 4.93. The third kappa shape index (κ3) is 16.7. The summed E-state index contributed by atoms with van der Waals surface area (Å²) in [5, 5.41) is 32.1. The van der Waals surface area contributed by atoms with Crippen molar-refractivity contribution in [1.82, 2.24) is 46.5 Å². The smallest absolute Gasteiger partial charge is 0.388 e. The van der Waals surface area contributed by atoms with Crippen LogP contribution >= 0.6 is 12.1 Å². The van der Waals surface area contributed by atoms with Crippen LogP contribution in [-0.2, 0) is 14.2 Å². The highest BCUT2D eigenvalue weighted by Crippen LogP contribution is 2.20. The lowest BCUT2D eigenvalue weighted by Crippen LogP contribution is -2.42. The molecule has 6 heterocycles. The maximum atomic E-state index is 11.9. The fourth-order valence-electron chi connectivity index (χ4n) is 4.93. The van der Waals surface area contributed by atoms with Crippen LogP contribution in [0, 0.1) is 0 Å². The van der Waals surface area contributed by atoms with Gasteiger partial charge in [0.1, 0.15) is 0 Å². The van der Waals surface area contributed by atoms with Gasteiger partial charge in [-0.15, -0.1) is 15.3 Å². The van der Waals surface area contributed by atoms with E-state index in [9.17, 15) is 30.2 Å². The van der Waals surface area contributed by atoms with E-state index < -0.39 is 19.8 Å². The zero-order valence-corrected chi connectivity index (χ0v) is 30.4. The molecule has 0 spiro atoms. The van der Waals surface area contributed by atoms with Crippen LogP contribution in [0.4, 0.5) is 30.2 Å². The maximum Gasteiger partial charge on any atom is 0.388 e. The van der Waals surface area contributed by atoms with E-state index in [0.29, 0.717) is 56.7 Å². The summed E-state index contributed by atoms with van der Waals surface area (Å²) in [6.07, 6.45) is 1.38. The molecule has 3 saturated heterocycles. The number of morpholine rings is 3. The van der Waals surface area contributed by atoms with Crippen LogP contribution in [0.5, 0.6) is 17.6 Å². The van der Waals surface area contributed by atoms with Gasteiger partial charge in [-0.05, 0) is 39.0 Å². The third-order valence-corrected chi connectivity index (χ3v) is 7.10. The standard InChI is InChI=1S/3C10H13F2N3O2.CH3FS/c3*1-6-4-16-5-8(13-6)7-2-3-9(15-14-7)17-10(11)12;1-3-2/h3*2-3,6,8,10,13H,4-5H2,1H3;1H3/t2*6-,8-;;/m10../s1. The van der Waals surface area contributed by atoms with Gasteiger partial charge in [0.25, 0.3) is 0 Å². The lowest BCUT2D eigenvalue weighted by Gasteiger charge is -2.28. The molecule has 23 heteroatoms. The molecule has 0 amide bonds. The Morgan fingerprint density at radius 3 is 0.963 bits per heavy atom. The van der Waals surface area contributed by atoms with Gasteiger partial charge < -0.3 is 44.4 Å². The van der Waals surface area contributed by atoms with Crippen molar-refractivity contribution in [2.75, 3.05) is 45.9 Å². The maximum absolute atomic E-state index is 11.9. The van der Waals surface area contributed by atoms with Crippen molar-refractivity contribution in [2.45, 2.75) is 76.9 Å². The van der Waals surface area contributed by atoms with Crippen molar-refractivity contribution in [3.8, 4) is 17.6 Å². The van der Waals surface area contributed by atoms with Gasteiger partial charge in [0.2, 0.25) is 17.6 Å². The Morgan fingerprint density at radius 2 is 0.778 bits per heavy atom. The van der Waals surface area contributed by atoms with E-state index in [4.69, 9.17) is 14.2 Å². The first kappa shape index (κ1) is 44.7. The zero-order valence-electron chi connectivity index (χ0n) is 29.6. The summed E-state index contributed by atoms with van der Waals surface area (Å²) >= 11 is 0.250. The summed E-state index contributed by atoms with van der Waals surface area (Å²) in [6, 6.07) is 9.41. The van der Waals surface area contributed by atoms with Crippen LogP contribution in [0.2, 0.25) is 0 Å². The number of hydrogen-bond donors (Lipinski definition) is 3. The van der Waals surface area contributed by atoms with Gasteiger partial charge in [-0.25, -0.2) is 0 Å². The van der Waals surface area contributed by atoms with E-state index >= 15 is 0 Å². The first-order chi connectivity index (χ1) is 25.9. The van der Waals surface area contributed by atoms with Gasteiger partial charge in [-0.3, -0.25) is 0 Å². The summed E-state index contributed by atoms with van der Waals surface area (Å²) in [5.74, 6) is -0.560. The molecule has 54 heavy (non-hydrogen) atoms. The van der Waals surface area contributed by atoms with Gasteiger partial charge in [-0.2, -0.15) is 45.5 Å². The molecule has 3 aromatic heterocycles. The summed E-state index contributed by atoms with van der Waals surface area (Å²) < 4.78 is 110. The molecule has 3 N–H and O–H groups in total. The number of nitrogens with one attached hydrogen (secondary N) is 3. The van der Waals surface area contributed by atoms with Crippen LogP contribution in [-0.4, -0.2) is 114 Å². The monoisotopic (exact) mass is 801 g/mol. The number of alkyl halides is 6. The average Bonchev–Trinajstić information content (AvgIpc) is 3.13. The minimum atomic E-state index is -2.88. The molecule has 6 atom stereocenters. The fraction of sp³-hybridized carbons (Fsp3) is 0.613. The van der Waals surface area contributed by atoms with E-state index in [0.717, 1.165) is 0 Å². The van der Waals surface area contributed by atoms with Gasteiger partial charge in [0.05, 0.1) is 74.8 Å². The molecule has 0 radical (unpaired) electrons. The minimum Gasteiger partial charge on any atom is -0.415 e. The van der Waals surface area contributed by atoms with Gasteiger partial charge in [0, 0.05) is 54.7 Å². The molecule has 3 fully saturated rings. The number of aromatic nitrogens is 6. The average molecular weight is 802 g/mol. The van der Waals surface area contributed by atoms with E-state index in [2.05, 4.69) is 60.8 Å². The third-order valence-electron chi connectivity index (χ3n) is 7.10. The SMILES string of the molecule is CC1COCC(c2ccc(OC(F)F)nn2)N1.CSF.C[C@@H]1COC[C@H](c2ccc(OC(F)F)nn2)N1.C[C@H]1COC[C@@H](c2ccc(OC(F)F)nn2)N1. The van der Waals surface area contributed by atoms with E-state index in [-0.39, 0.29) is 66.0 Å². The molecule has 0 bridgehead atoms. The van der Waals surface area contributed by atoms with Crippen LogP contribution in [0.25, 0.3) is 0 Å². The first-order valence-electron chi connectivity index (χ1n) is 16.4. The first-order valence-corrected chi connectivity index (χ1v) is 17.5. The molecule has 6 rings (SSSR count). The molecule has 3 aromatic rings. The minimum absolute atomic E-state index is 0.0631. The number of rotatable bonds is 9. The van der Waals surface area contributed by atoms with E-state index in [1.807, 2.05) is 20.8 Å². The second-order valence-electron chi connectivity index (χ2n) is 11.7. The predicted octanol–water partition coefficient (Wildman–Crippen LogP) is 4.62. The Morgan fingerprint density at radius 1 is 0.519 bits per heavy atom. The highest BCUT2D eigenvalue weighted by Gasteiger charge is 2.24. The molecule has 3 aliphatic rings. The van der Waals surface area contributed by atoms with Crippen molar-refractivity contribution in [1.29, 1.82) is 0 Å². The molecule has 15 nitrogen and oxygen atoms in total. The van der Waals surface area contributed by atoms with Crippen molar-refractivity contribution < 1.29 is 58.6 Å². The predicted molar refractivity (Wildman–Crippen MR) is 179 cm³/mol. The largest absolute Gasteiger partial charge is 0.415 e. The quantitative estimate of drug-likeness (QED) is 0.256. The summed E-state index contributed by atoms with van der Waals surface area (Å²) in [5.41, 5.74) is 1.95. The Balaban J connectivity index is 0.000000210. The second-order valence-corrected chi connectivity index (χ2v) is 12.0. The number of halogens is 7. The van der Waals surface area contributed by atoms with Crippen LogP contribution < -0.4 is 30.2 Å². The Labute approximate surface area is 311 Å². The lowest BCUT2D eigenvalue weighted by molar-refractivity contribution is -0.0542. The van der Waals surface area contributed by atoms with Gasteiger partial charge in [0.15, 0.2) is 0 Å². The Kier molecular flexibility index (Phi) is 19.8. The molecule has 3 aliphatic heterocycles. The Hall–Kier alpha value is -3.74. The topological polar surface area (TPSA) is 169 Å². The number of nitrogens with zero attached hydrogens (tertiary/aromatic N) is 6.